The zero-order valence-electron chi connectivity index (χ0n) is 9.14. The van der Waals surface area contributed by atoms with Gasteiger partial charge >= 0.3 is 0 Å². The quantitative estimate of drug-likeness (QED) is 0.641. The molecule has 17 heavy (non-hydrogen) atoms. The first-order valence-corrected chi connectivity index (χ1v) is 5.23. The van der Waals surface area contributed by atoms with Crippen LogP contribution in [-0.2, 0) is 0 Å². The topological polar surface area (TPSA) is 38.9 Å². The molecule has 0 aliphatic carbocycles. The number of halogens is 1. The fourth-order valence-corrected chi connectivity index (χ4v) is 1.70. The first-order valence-electron chi connectivity index (χ1n) is 5.23. The Labute approximate surface area is 96.9 Å². The number of hydrogen-bond acceptors (Lipinski definition) is 3. The molecule has 4 heteroatoms. The molecule has 84 valence electrons. The van der Waals surface area contributed by atoms with Crippen LogP contribution in [0.25, 0.3) is 22.7 Å². The Balaban J connectivity index is 2.26. The standard InChI is InChI=1S/C13H9FN2O/c1-8-6-7-15-13-11(8)16-12(17-13)9-4-2-3-5-10(9)14/h2-7H,1H3. The fraction of sp³-hybridized carbons (Fsp3) is 0.0769. The lowest BCUT2D eigenvalue weighted by molar-refractivity contribution is 0.586. The highest BCUT2D eigenvalue weighted by Crippen LogP contribution is 2.26. The van der Waals surface area contributed by atoms with Crippen molar-refractivity contribution in [2.24, 2.45) is 0 Å². The Bertz CT molecular complexity index is 691. The number of fused-ring (bicyclic) bond motifs is 1. The van der Waals surface area contributed by atoms with E-state index in [9.17, 15) is 4.39 Å². The molecule has 0 N–H and O–H groups in total. The van der Waals surface area contributed by atoms with Gasteiger partial charge in [-0.05, 0) is 30.7 Å². The Morgan fingerprint density at radius 2 is 2.00 bits per heavy atom. The fourth-order valence-electron chi connectivity index (χ4n) is 1.70. The predicted octanol–water partition coefficient (Wildman–Crippen LogP) is 3.34. The molecule has 0 saturated carbocycles. The highest BCUT2D eigenvalue weighted by Gasteiger charge is 2.13. The number of aryl methyl sites for hydroxylation is 1. The molecule has 0 saturated heterocycles. The van der Waals surface area contributed by atoms with E-state index in [4.69, 9.17) is 4.42 Å². The van der Waals surface area contributed by atoms with Crippen molar-refractivity contribution >= 4 is 11.2 Å². The van der Waals surface area contributed by atoms with Crippen LogP contribution in [0.15, 0.2) is 40.9 Å². The molecule has 0 unspecified atom stereocenters. The molecule has 0 atom stereocenters. The van der Waals surface area contributed by atoms with E-state index < -0.39 is 0 Å². The van der Waals surface area contributed by atoms with Gasteiger partial charge in [0, 0.05) is 6.20 Å². The third-order valence-corrected chi connectivity index (χ3v) is 2.60. The number of pyridine rings is 1. The van der Waals surface area contributed by atoms with Crippen LogP contribution in [0.3, 0.4) is 0 Å². The van der Waals surface area contributed by atoms with Crippen molar-refractivity contribution in [1.82, 2.24) is 9.97 Å². The van der Waals surface area contributed by atoms with Crippen LogP contribution in [0.4, 0.5) is 4.39 Å². The van der Waals surface area contributed by atoms with Crippen molar-refractivity contribution in [1.29, 1.82) is 0 Å². The molecule has 2 aromatic heterocycles. The zero-order chi connectivity index (χ0) is 11.8. The summed E-state index contributed by atoms with van der Waals surface area (Å²) in [5, 5.41) is 0. The Morgan fingerprint density at radius 1 is 1.18 bits per heavy atom. The van der Waals surface area contributed by atoms with Gasteiger partial charge in [0.2, 0.25) is 11.6 Å². The van der Waals surface area contributed by atoms with Gasteiger partial charge in [-0.1, -0.05) is 12.1 Å². The average Bonchev–Trinajstić information content (AvgIpc) is 2.75. The summed E-state index contributed by atoms with van der Waals surface area (Å²) in [5.74, 6) is -0.0865. The van der Waals surface area contributed by atoms with Gasteiger partial charge in [0.25, 0.3) is 0 Å². The maximum Gasteiger partial charge on any atom is 0.247 e. The van der Waals surface area contributed by atoms with Gasteiger partial charge in [0.15, 0.2) is 0 Å². The molecule has 0 radical (unpaired) electrons. The number of nitrogens with zero attached hydrogens (tertiary/aromatic N) is 2. The van der Waals surface area contributed by atoms with Crippen molar-refractivity contribution < 1.29 is 8.81 Å². The van der Waals surface area contributed by atoms with Crippen LogP contribution >= 0.6 is 0 Å². The minimum Gasteiger partial charge on any atom is -0.418 e. The highest BCUT2D eigenvalue weighted by atomic mass is 19.1. The lowest BCUT2D eigenvalue weighted by Crippen LogP contribution is -1.83. The summed E-state index contributed by atoms with van der Waals surface area (Å²) in [5.41, 5.74) is 2.42. The first-order chi connectivity index (χ1) is 8.25. The number of oxazole rings is 1. The third-order valence-electron chi connectivity index (χ3n) is 2.60. The SMILES string of the molecule is Cc1ccnc2oc(-c3ccccc3F)nc12. The molecule has 0 bridgehead atoms. The van der Waals surface area contributed by atoms with E-state index in [1.54, 1.807) is 24.4 Å². The smallest absolute Gasteiger partial charge is 0.247 e. The largest absolute Gasteiger partial charge is 0.418 e. The maximum atomic E-state index is 13.6. The summed E-state index contributed by atoms with van der Waals surface area (Å²) in [7, 11) is 0. The Morgan fingerprint density at radius 3 is 2.76 bits per heavy atom. The molecular weight excluding hydrogens is 219 g/mol. The molecule has 1 aromatic carbocycles. The van der Waals surface area contributed by atoms with Gasteiger partial charge in [0.05, 0.1) is 5.56 Å². The average molecular weight is 228 g/mol. The third kappa shape index (κ3) is 1.58. The van der Waals surface area contributed by atoms with Crippen molar-refractivity contribution in [3.8, 4) is 11.5 Å². The highest BCUT2D eigenvalue weighted by molar-refractivity contribution is 5.75. The molecule has 0 spiro atoms. The minimum absolute atomic E-state index is 0.264. The molecule has 3 rings (SSSR count). The van der Waals surface area contributed by atoms with Crippen molar-refractivity contribution in [2.45, 2.75) is 6.92 Å². The second kappa shape index (κ2) is 3.66. The minimum atomic E-state index is -0.350. The molecule has 2 heterocycles. The molecular formula is C13H9FN2O. The number of aromatic nitrogens is 2. The summed E-state index contributed by atoms with van der Waals surface area (Å²) >= 11 is 0. The second-order valence-electron chi connectivity index (χ2n) is 3.78. The Kier molecular flexibility index (Phi) is 2.14. The van der Waals surface area contributed by atoms with Crippen LogP contribution in [0, 0.1) is 12.7 Å². The van der Waals surface area contributed by atoms with Gasteiger partial charge in [-0.2, -0.15) is 0 Å². The van der Waals surface area contributed by atoms with E-state index in [0.29, 0.717) is 16.8 Å². The lowest BCUT2D eigenvalue weighted by atomic mass is 10.2. The molecule has 3 nitrogen and oxygen atoms in total. The van der Waals surface area contributed by atoms with E-state index in [1.165, 1.54) is 6.07 Å². The molecule has 3 aromatic rings. The van der Waals surface area contributed by atoms with Gasteiger partial charge < -0.3 is 4.42 Å². The summed E-state index contributed by atoms with van der Waals surface area (Å²) in [6, 6.07) is 8.23. The normalized spacial score (nSPS) is 10.9. The van der Waals surface area contributed by atoms with Crippen LogP contribution < -0.4 is 0 Å². The van der Waals surface area contributed by atoms with Crippen LogP contribution in [-0.4, -0.2) is 9.97 Å². The van der Waals surface area contributed by atoms with E-state index in [2.05, 4.69) is 9.97 Å². The van der Waals surface area contributed by atoms with Gasteiger partial charge in [-0.3, -0.25) is 0 Å². The first kappa shape index (κ1) is 9.96. The van der Waals surface area contributed by atoms with Crippen LogP contribution in [0.5, 0.6) is 0 Å². The number of hydrogen-bond donors (Lipinski definition) is 0. The van der Waals surface area contributed by atoms with Gasteiger partial charge in [-0.15, -0.1) is 0 Å². The molecule has 0 amide bonds. The maximum absolute atomic E-state index is 13.6. The number of benzene rings is 1. The van der Waals surface area contributed by atoms with Crippen molar-refractivity contribution in [3.05, 3.63) is 47.9 Å². The lowest BCUT2D eigenvalue weighted by Gasteiger charge is -1.95. The van der Waals surface area contributed by atoms with E-state index >= 15 is 0 Å². The second-order valence-corrected chi connectivity index (χ2v) is 3.78. The van der Waals surface area contributed by atoms with E-state index in [-0.39, 0.29) is 11.7 Å². The predicted molar refractivity (Wildman–Crippen MR) is 61.9 cm³/mol. The van der Waals surface area contributed by atoms with Crippen molar-refractivity contribution in [3.63, 3.8) is 0 Å². The van der Waals surface area contributed by atoms with E-state index in [1.807, 2.05) is 13.0 Å². The zero-order valence-corrected chi connectivity index (χ0v) is 9.14. The van der Waals surface area contributed by atoms with Gasteiger partial charge in [0.1, 0.15) is 11.3 Å². The monoisotopic (exact) mass is 228 g/mol. The Hall–Kier alpha value is -2.23. The summed E-state index contributed by atoms with van der Waals surface area (Å²) in [6.07, 6.45) is 1.65. The van der Waals surface area contributed by atoms with Crippen LogP contribution in [0.2, 0.25) is 0 Å². The molecule has 0 fully saturated rings. The summed E-state index contributed by atoms with van der Waals surface area (Å²) < 4.78 is 19.0. The molecule has 0 aliphatic rings. The summed E-state index contributed by atoms with van der Waals surface area (Å²) in [4.78, 5) is 8.34. The summed E-state index contributed by atoms with van der Waals surface area (Å²) in [6.45, 7) is 1.91. The van der Waals surface area contributed by atoms with Crippen molar-refractivity contribution in [2.75, 3.05) is 0 Å². The van der Waals surface area contributed by atoms with E-state index in [0.717, 1.165) is 5.56 Å². The van der Waals surface area contributed by atoms with Crippen LogP contribution in [0.1, 0.15) is 5.56 Å². The number of rotatable bonds is 1. The van der Waals surface area contributed by atoms with Gasteiger partial charge in [-0.25, -0.2) is 14.4 Å². The molecule has 0 aliphatic heterocycles.